The molecule has 1 aromatic carbocycles. The van der Waals surface area contributed by atoms with Gasteiger partial charge in [-0.3, -0.25) is 19.2 Å². The average molecular weight is 527 g/mol. The number of aliphatic carboxylic acids is 2. The molecule has 1 rings (SSSR count). The Morgan fingerprint density at radius 3 is 1.92 bits per heavy atom. The van der Waals surface area contributed by atoms with Crippen LogP contribution in [0.2, 0.25) is 0 Å². The molecule has 13 heteroatoms. The van der Waals surface area contributed by atoms with Crippen LogP contribution in [0.3, 0.4) is 0 Å². The van der Waals surface area contributed by atoms with Gasteiger partial charge in [-0.05, 0) is 36.5 Å². The third kappa shape index (κ3) is 11.0. The second-order valence-corrected chi connectivity index (χ2v) is 9.11. The molecule has 0 saturated carbocycles. The van der Waals surface area contributed by atoms with Crippen LogP contribution in [0.1, 0.15) is 38.7 Å². The van der Waals surface area contributed by atoms with Gasteiger partial charge in [-0.15, -0.1) is 0 Å². The first-order chi connectivity index (χ1) is 16.8. The van der Waals surface area contributed by atoms with Crippen molar-refractivity contribution in [1.29, 1.82) is 0 Å². The summed E-state index contributed by atoms with van der Waals surface area (Å²) in [5.41, 5.74) is 6.24. The predicted molar refractivity (Wildman–Crippen MR) is 133 cm³/mol. The number of rotatable bonds is 15. The Hall–Kier alpha value is -3.32. The van der Waals surface area contributed by atoms with Crippen molar-refractivity contribution in [2.75, 3.05) is 5.75 Å². The molecule has 200 valence electrons. The van der Waals surface area contributed by atoms with Crippen LogP contribution < -0.4 is 21.7 Å². The van der Waals surface area contributed by atoms with E-state index >= 15 is 0 Å². The first-order valence-corrected chi connectivity index (χ1v) is 12.0. The first-order valence-electron chi connectivity index (χ1n) is 11.3. The molecular weight excluding hydrogens is 492 g/mol. The van der Waals surface area contributed by atoms with Crippen LogP contribution in [-0.4, -0.2) is 74.9 Å². The summed E-state index contributed by atoms with van der Waals surface area (Å²) in [6.07, 6.45) is -0.674. The van der Waals surface area contributed by atoms with Gasteiger partial charge in [0.15, 0.2) is 0 Å². The summed E-state index contributed by atoms with van der Waals surface area (Å²) < 4.78 is 0. The highest BCUT2D eigenvalue weighted by Crippen LogP contribution is 2.13. The molecule has 3 amide bonds. The number of carbonyl (C=O) groups is 5. The molecule has 1 aromatic rings. The topological polar surface area (TPSA) is 208 Å². The van der Waals surface area contributed by atoms with Gasteiger partial charge < -0.3 is 37.0 Å². The van der Waals surface area contributed by atoms with E-state index in [-0.39, 0.29) is 36.7 Å². The minimum atomic E-state index is -1.49. The Labute approximate surface area is 214 Å². The monoisotopic (exact) mass is 526 g/mol. The van der Waals surface area contributed by atoms with E-state index < -0.39 is 60.2 Å². The Kier molecular flexibility index (Phi) is 12.7. The molecule has 0 spiro atoms. The van der Waals surface area contributed by atoms with E-state index in [0.717, 1.165) is 0 Å². The van der Waals surface area contributed by atoms with Crippen molar-refractivity contribution in [2.24, 2.45) is 11.7 Å². The Bertz CT molecular complexity index is 925. The lowest BCUT2D eigenvalue weighted by Crippen LogP contribution is -2.58. The number of carbonyl (C=O) groups excluding carboxylic acids is 3. The molecule has 4 unspecified atom stereocenters. The number of amides is 3. The lowest BCUT2D eigenvalue weighted by atomic mass is 10.0. The van der Waals surface area contributed by atoms with Crippen LogP contribution in [0.25, 0.3) is 0 Å². The zero-order chi connectivity index (χ0) is 27.4. The number of carboxylic acid groups (broad SMARTS) is 2. The molecule has 0 saturated heterocycles. The number of benzene rings is 1. The van der Waals surface area contributed by atoms with Crippen LogP contribution in [0, 0.1) is 5.92 Å². The number of phenols is 1. The van der Waals surface area contributed by atoms with Crippen molar-refractivity contribution in [1.82, 2.24) is 16.0 Å². The summed E-state index contributed by atoms with van der Waals surface area (Å²) in [6.45, 7) is 3.68. The molecule has 0 aromatic heterocycles. The number of nitrogens with two attached hydrogens (primary N) is 1. The molecule has 12 nitrogen and oxygen atoms in total. The molecule has 0 heterocycles. The van der Waals surface area contributed by atoms with Crippen molar-refractivity contribution >= 4 is 42.3 Å². The lowest BCUT2D eigenvalue weighted by molar-refractivity contribution is -0.143. The standard InChI is InChI=1S/C23H34N4O8S/c1-12(2)9-17(26-20(31)15(24)11-36)21(32)27-18(10-13-3-5-14(28)6-4-13)22(33)25-16(23(34)35)7-8-19(29)30/h3-6,12,15-18,28,36H,7-11,24H2,1-2H3,(H,25,33)(H,26,31)(H,27,32)(H,29,30)(H,34,35). The fraction of sp³-hybridized carbons (Fsp3) is 0.522. The second-order valence-electron chi connectivity index (χ2n) is 8.74. The van der Waals surface area contributed by atoms with Crippen molar-refractivity contribution in [3.8, 4) is 5.75 Å². The summed E-state index contributed by atoms with van der Waals surface area (Å²) in [7, 11) is 0. The van der Waals surface area contributed by atoms with Gasteiger partial charge in [-0.1, -0.05) is 26.0 Å². The molecule has 36 heavy (non-hydrogen) atoms. The molecular formula is C23H34N4O8S. The minimum absolute atomic E-state index is 0.00920. The van der Waals surface area contributed by atoms with Gasteiger partial charge in [0.25, 0.3) is 0 Å². The maximum absolute atomic E-state index is 13.1. The molecule has 0 aliphatic heterocycles. The summed E-state index contributed by atoms with van der Waals surface area (Å²) in [5.74, 6) is -4.74. The molecule has 0 radical (unpaired) electrons. The van der Waals surface area contributed by atoms with E-state index in [1.807, 2.05) is 13.8 Å². The number of thiol groups is 1. The van der Waals surface area contributed by atoms with Gasteiger partial charge >= 0.3 is 11.9 Å². The van der Waals surface area contributed by atoms with Crippen LogP contribution in [0.15, 0.2) is 24.3 Å². The van der Waals surface area contributed by atoms with Crippen LogP contribution in [-0.2, 0) is 30.4 Å². The zero-order valence-corrected chi connectivity index (χ0v) is 21.0. The maximum atomic E-state index is 13.1. The predicted octanol–water partition coefficient (Wildman–Crippen LogP) is -0.358. The molecule has 4 atom stereocenters. The van der Waals surface area contributed by atoms with Crippen LogP contribution in [0.4, 0.5) is 0 Å². The van der Waals surface area contributed by atoms with Crippen molar-refractivity contribution in [3.05, 3.63) is 29.8 Å². The average Bonchev–Trinajstić information content (AvgIpc) is 2.80. The molecule has 0 aliphatic carbocycles. The molecule has 0 fully saturated rings. The quantitative estimate of drug-likeness (QED) is 0.140. The van der Waals surface area contributed by atoms with Gasteiger partial charge in [0, 0.05) is 18.6 Å². The van der Waals surface area contributed by atoms with Gasteiger partial charge in [-0.25, -0.2) is 4.79 Å². The SMILES string of the molecule is CC(C)CC(NC(=O)C(N)CS)C(=O)NC(Cc1ccc(O)cc1)C(=O)NC(CCC(=O)O)C(=O)O. The number of phenolic OH excluding ortho intramolecular Hbond substituents is 1. The number of aromatic hydroxyl groups is 1. The Morgan fingerprint density at radius 1 is 0.889 bits per heavy atom. The highest BCUT2D eigenvalue weighted by molar-refractivity contribution is 7.80. The highest BCUT2D eigenvalue weighted by atomic mass is 32.1. The van der Waals surface area contributed by atoms with Crippen molar-refractivity contribution in [3.63, 3.8) is 0 Å². The van der Waals surface area contributed by atoms with E-state index in [1.54, 1.807) is 0 Å². The van der Waals surface area contributed by atoms with Gasteiger partial charge in [0.2, 0.25) is 17.7 Å². The molecule has 0 bridgehead atoms. The third-order valence-electron chi connectivity index (χ3n) is 5.14. The van der Waals surface area contributed by atoms with Crippen molar-refractivity contribution in [2.45, 2.75) is 63.7 Å². The van der Waals surface area contributed by atoms with E-state index in [9.17, 15) is 34.2 Å². The van der Waals surface area contributed by atoms with Crippen LogP contribution in [0.5, 0.6) is 5.75 Å². The Balaban J connectivity index is 3.15. The molecule has 8 N–H and O–H groups in total. The summed E-state index contributed by atoms with van der Waals surface area (Å²) in [6, 6.07) is 1.10. The number of carboxylic acids is 2. The van der Waals surface area contributed by atoms with Crippen molar-refractivity contribution < 1.29 is 39.3 Å². The normalized spacial score (nSPS) is 14.2. The van der Waals surface area contributed by atoms with Crippen LogP contribution >= 0.6 is 12.6 Å². The fourth-order valence-electron chi connectivity index (χ4n) is 3.21. The fourth-order valence-corrected chi connectivity index (χ4v) is 3.38. The van der Waals surface area contributed by atoms with Gasteiger partial charge in [0.05, 0.1) is 6.04 Å². The minimum Gasteiger partial charge on any atom is -0.508 e. The number of hydrogen-bond acceptors (Lipinski definition) is 8. The van der Waals surface area contributed by atoms with E-state index in [0.29, 0.717) is 5.56 Å². The van der Waals surface area contributed by atoms with Gasteiger partial charge in [-0.2, -0.15) is 12.6 Å². The number of nitrogens with one attached hydrogen (secondary N) is 3. The third-order valence-corrected chi connectivity index (χ3v) is 5.54. The summed E-state index contributed by atoms with van der Waals surface area (Å²) >= 11 is 3.98. The van der Waals surface area contributed by atoms with Gasteiger partial charge in [0.1, 0.15) is 23.9 Å². The van der Waals surface area contributed by atoms with E-state index in [1.165, 1.54) is 24.3 Å². The second kappa shape index (κ2) is 14.9. The summed E-state index contributed by atoms with van der Waals surface area (Å²) in [5, 5.41) is 35.2. The lowest BCUT2D eigenvalue weighted by Gasteiger charge is -2.26. The zero-order valence-electron chi connectivity index (χ0n) is 20.1. The summed E-state index contributed by atoms with van der Waals surface area (Å²) in [4.78, 5) is 60.8. The first kappa shape index (κ1) is 30.7. The highest BCUT2D eigenvalue weighted by Gasteiger charge is 2.31. The smallest absolute Gasteiger partial charge is 0.326 e. The largest absolute Gasteiger partial charge is 0.508 e. The van der Waals surface area contributed by atoms with E-state index in [4.69, 9.17) is 10.8 Å². The Morgan fingerprint density at radius 2 is 1.42 bits per heavy atom. The van der Waals surface area contributed by atoms with E-state index in [2.05, 4.69) is 28.6 Å². The molecule has 0 aliphatic rings. The number of hydrogen-bond donors (Lipinski definition) is 8. The maximum Gasteiger partial charge on any atom is 0.326 e.